The van der Waals surface area contributed by atoms with Gasteiger partial charge in [-0.15, -0.1) is 0 Å². The van der Waals surface area contributed by atoms with E-state index in [1.165, 1.54) is 25.7 Å². The number of fused-ring (bicyclic) bond motifs is 2. The van der Waals surface area contributed by atoms with E-state index in [2.05, 4.69) is 16.0 Å². The summed E-state index contributed by atoms with van der Waals surface area (Å²) in [7, 11) is 0. The van der Waals surface area contributed by atoms with Crippen LogP contribution in [0.2, 0.25) is 0 Å². The summed E-state index contributed by atoms with van der Waals surface area (Å²) in [5.41, 5.74) is 0. The molecule has 10 nitrogen and oxygen atoms in total. The number of nitrogens with one attached hydrogen (secondary N) is 3. The van der Waals surface area contributed by atoms with E-state index in [1.807, 2.05) is 18.7 Å². The normalized spacial score (nSPS) is 30.4. The van der Waals surface area contributed by atoms with E-state index in [0.717, 1.165) is 18.4 Å². The van der Waals surface area contributed by atoms with Crippen molar-refractivity contribution in [3.05, 3.63) is 0 Å². The highest BCUT2D eigenvalue weighted by molar-refractivity contribution is 5.88. The molecule has 2 saturated carbocycles. The molecule has 7 atom stereocenters. The monoisotopic (exact) mass is 518 g/mol. The van der Waals surface area contributed by atoms with Crippen molar-refractivity contribution in [2.24, 2.45) is 35.5 Å². The first kappa shape index (κ1) is 27.4. The van der Waals surface area contributed by atoms with Crippen molar-refractivity contribution >= 4 is 30.1 Å². The second kappa shape index (κ2) is 12.3. The lowest BCUT2D eigenvalue weighted by Crippen LogP contribution is -2.51. The van der Waals surface area contributed by atoms with Crippen LogP contribution in [0.4, 0.5) is 4.79 Å². The number of rotatable bonds is 12. The summed E-state index contributed by atoms with van der Waals surface area (Å²) in [6.45, 7) is 5.92. The summed E-state index contributed by atoms with van der Waals surface area (Å²) in [6.07, 6.45) is 6.92. The molecular formula is C27H42N4O6. The van der Waals surface area contributed by atoms with Crippen LogP contribution in [0.5, 0.6) is 0 Å². The van der Waals surface area contributed by atoms with Crippen LogP contribution in [0, 0.1) is 35.5 Å². The first-order valence-electron chi connectivity index (χ1n) is 14.0. The Kier molecular flexibility index (Phi) is 9.08. The molecule has 0 aromatic heterocycles. The molecular weight excluding hydrogens is 476 g/mol. The lowest BCUT2D eigenvalue weighted by atomic mass is 9.88. The van der Waals surface area contributed by atoms with Gasteiger partial charge >= 0.3 is 6.09 Å². The summed E-state index contributed by atoms with van der Waals surface area (Å²) >= 11 is 0. The Morgan fingerprint density at radius 1 is 1.11 bits per heavy atom. The number of alkyl carbamates (subject to hydrolysis) is 1. The quantitative estimate of drug-likeness (QED) is 0.336. The Bertz CT molecular complexity index is 879. The molecule has 2 saturated heterocycles. The van der Waals surface area contributed by atoms with E-state index in [9.17, 15) is 24.0 Å². The second-order valence-corrected chi connectivity index (χ2v) is 11.9. The van der Waals surface area contributed by atoms with Crippen LogP contribution in [-0.4, -0.2) is 73.3 Å². The van der Waals surface area contributed by atoms with Crippen molar-refractivity contribution < 1.29 is 28.7 Å². The van der Waals surface area contributed by atoms with Gasteiger partial charge in [-0.3, -0.25) is 14.4 Å². The van der Waals surface area contributed by atoms with E-state index in [1.54, 1.807) is 0 Å². The molecule has 0 radical (unpaired) electrons. The lowest BCUT2D eigenvalue weighted by Gasteiger charge is -2.27. The Morgan fingerprint density at radius 2 is 1.92 bits per heavy atom. The average Bonchev–Trinajstić information content (AvgIpc) is 3.64. The van der Waals surface area contributed by atoms with Crippen molar-refractivity contribution in [3.63, 3.8) is 0 Å². The number of amides is 4. The molecule has 2 heterocycles. The third-order valence-electron chi connectivity index (χ3n) is 8.67. The predicted octanol–water partition coefficient (Wildman–Crippen LogP) is 1.62. The van der Waals surface area contributed by atoms with Crippen LogP contribution >= 0.6 is 0 Å². The summed E-state index contributed by atoms with van der Waals surface area (Å²) in [4.78, 5) is 63.7. The Hall–Kier alpha value is -2.65. The zero-order chi connectivity index (χ0) is 26.5. The first-order chi connectivity index (χ1) is 17.7. The Balaban J connectivity index is 1.23. The molecule has 0 spiro atoms. The number of hydrogen-bond acceptors (Lipinski definition) is 6. The van der Waals surface area contributed by atoms with Crippen molar-refractivity contribution in [2.45, 2.75) is 77.3 Å². The zero-order valence-electron chi connectivity index (χ0n) is 22.1. The van der Waals surface area contributed by atoms with Gasteiger partial charge in [0.1, 0.15) is 18.9 Å². The fourth-order valence-corrected chi connectivity index (χ4v) is 6.69. The summed E-state index contributed by atoms with van der Waals surface area (Å²) < 4.78 is 5.38. The lowest BCUT2D eigenvalue weighted by molar-refractivity contribution is -0.132. The van der Waals surface area contributed by atoms with E-state index in [-0.39, 0.29) is 42.6 Å². The molecule has 4 aliphatic rings. The number of hydrogen-bond donors (Lipinski definition) is 3. The molecule has 1 unspecified atom stereocenters. The molecule has 2 aliphatic carbocycles. The minimum absolute atomic E-state index is 0.0122. The highest BCUT2D eigenvalue weighted by atomic mass is 16.5. The third-order valence-corrected chi connectivity index (χ3v) is 8.67. The maximum Gasteiger partial charge on any atom is 0.407 e. The van der Waals surface area contributed by atoms with E-state index >= 15 is 0 Å². The maximum absolute atomic E-state index is 12.9. The molecule has 2 aliphatic heterocycles. The van der Waals surface area contributed by atoms with Crippen LogP contribution in [0.25, 0.3) is 0 Å². The third kappa shape index (κ3) is 7.02. The molecule has 4 rings (SSSR count). The maximum atomic E-state index is 12.9. The van der Waals surface area contributed by atoms with Gasteiger partial charge < -0.3 is 30.4 Å². The number of ether oxygens (including phenoxy) is 1. The molecule has 0 aromatic rings. The fraction of sp³-hybridized carbons (Fsp3) is 0.815. The molecule has 10 heteroatoms. The van der Waals surface area contributed by atoms with Gasteiger partial charge in [-0.1, -0.05) is 20.3 Å². The molecule has 4 fully saturated rings. The van der Waals surface area contributed by atoms with Gasteiger partial charge in [0.05, 0.1) is 12.0 Å². The van der Waals surface area contributed by atoms with E-state index in [4.69, 9.17) is 4.74 Å². The Morgan fingerprint density at radius 3 is 2.54 bits per heavy atom. The number of likely N-dealkylation sites (tertiary alicyclic amines) is 1. The average molecular weight is 519 g/mol. The van der Waals surface area contributed by atoms with E-state index in [0.29, 0.717) is 44.6 Å². The molecule has 2 bridgehead atoms. The highest BCUT2D eigenvalue weighted by Crippen LogP contribution is 2.48. The van der Waals surface area contributed by atoms with Crippen LogP contribution in [0.15, 0.2) is 0 Å². The first-order valence-corrected chi connectivity index (χ1v) is 14.0. The van der Waals surface area contributed by atoms with Crippen molar-refractivity contribution in [1.29, 1.82) is 0 Å². The highest BCUT2D eigenvalue weighted by Gasteiger charge is 2.42. The standard InChI is InChI=1S/C27H42N4O6/c1-16(2)9-23(25(34)29-22(14-32)12-19-5-7-28-24(19)33)30-27(36)37-15-20-6-8-31(26(20)35)13-21-11-17-3-4-18(21)10-17/h14,16-23H,3-13,15H2,1-2H3,(H,28,33)(H,29,34)(H,30,36)/t17-,18+,19-,20?,21+,22-,23-/m0/s1. The van der Waals surface area contributed by atoms with Crippen molar-refractivity contribution in [2.75, 3.05) is 26.2 Å². The summed E-state index contributed by atoms with van der Waals surface area (Å²) in [5.74, 6) is 1.10. The largest absolute Gasteiger partial charge is 0.449 e. The van der Waals surface area contributed by atoms with Gasteiger partial charge in [0.25, 0.3) is 0 Å². The second-order valence-electron chi connectivity index (χ2n) is 11.9. The zero-order valence-corrected chi connectivity index (χ0v) is 22.1. The molecule has 37 heavy (non-hydrogen) atoms. The van der Waals surface area contributed by atoms with Crippen molar-refractivity contribution in [3.8, 4) is 0 Å². The summed E-state index contributed by atoms with van der Waals surface area (Å²) in [5, 5.41) is 8.00. The van der Waals surface area contributed by atoms with Crippen molar-refractivity contribution in [1.82, 2.24) is 20.9 Å². The summed E-state index contributed by atoms with van der Waals surface area (Å²) in [6, 6.07) is -1.70. The topological polar surface area (TPSA) is 134 Å². The molecule has 206 valence electrons. The fourth-order valence-electron chi connectivity index (χ4n) is 6.69. The van der Waals surface area contributed by atoms with Gasteiger partial charge in [-0.05, 0) is 68.6 Å². The van der Waals surface area contributed by atoms with Crippen LogP contribution < -0.4 is 16.0 Å². The van der Waals surface area contributed by atoms with Gasteiger partial charge in [0, 0.05) is 25.6 Å². The predicted molar refractivity (Wildman–Crippen MR) is 135 cm³/mol. The van der Waals surface area contributed by atoms with Gasteiger partial charge in [-0.25, -0.2) is 4.79 Å². The number of aldehydes is 1. The Labute approximate surface area is 219 Å². The molecule has 4 amide bonds. The number of nitrogens with zero attached hydrogens (tertiary/aromatic N) is 1. The molecule has 3 N–H and O–H groups in total. The van der Waals surface area contributed by atoms with Crippen LogP contribution in [0.3, 0.4) is 0 Å². The number of carbonyl (C=O) groups excluding carboxylic acids is 5. The smallest absolute Gasteiger partial charge is 0.407 e. The molecule has 0 aromatic carbocycles. The minimum atomic E-state index is -0.888. The van der Waals surface area contributed by atoms with Gasteiger partial charge in [0.15, 0.2) is 0 Å². The van der Waals surface area contributed by atoms with E-state index < -0.39 is 24.1 Å². The van der Waals surface area contributed by atoms with Crippen LogP contribution in [0.1, 0.15) is 65.2 Å². The SMILES string of the molecule is CC(C)C[C@H](NC(=O)OCC1CCN(C[C@H]2C[C@H]3CC[C@@H]2C3)C1=O)C(=O)N[C@H](C=O)C[C@@H]1CCNC1=O. The number of carbonyl (C=O) groups is 5. The van der Waals surface area contributed by atoms with Crippen LogP contribution in [-0.2, 0) is 23.9 Å². The van der Waals surface area contributed by atoms with Gasteiger partial charge in [0.2, 0.25) is 17.7 Å². The minimum Gasteiger partial charge on any atom is -0.449 e. The van der Waals surface area contributed by atoms with Gasteiger partial charge in [-0.2, -0.15) is 0 Å².